The number of morpholine rings is 1. The summed E-state index contributed by atoms with van der Waals surface area (Å²) in [5.41, 5.74) is 2.44. The van der Waals surface area contributed by atoms with Gasteiger partial charge in [-0.05, 0) is 32.0 Å². The number of carbonyl (C=O) groups is 1. The van der Waals surface area contributed by atoms with Gasteiger partial charge in [-0.25, -0.2) is 4.68 Å². The molecular weight excluding hydrogens is 304 g/mol. The second-order valence-electron chi connectivity index (χ2n) is 5.95. The normalized spacial score (nSPS) is 15.4. The van der Waals surface area contributed by atoms with Crippen LogP contribution in [0.3, 0.4) is 0 Å². The van der Waals surface area contributed by atoms with Crippen LogP contribution < -0.4 is 5.32 Å². The number of hydrogen-bond donors (Lipinski definition) is 1. The fourth-order valence-electron chi connectivity index (χ4n) is 2.89. The third-order valence-electron chi connectivity index (χ3n) is 4.30. The van der Waals surface area contributed by atoms with Crippen LogP contribution in [0.4, 0.5) is 0 Å². The Bertz CT molecular complexity index is 663. The second-order valence-corrected chi connectivity index (χ2v) is 5.95. The van der Waals surface area contributed by atoms with E-state index in [0.29, 0.717) is 12.1 Å². The van der Waals surface area contributed by atoms with Crippen molar-refractivity contribution in [1.82, 2.24) is 20.0 Å². The van der Waals surface area contributed by atoms with E-state index >= 15 is 0 Å². The highest BCUT2D eigenvalue weighted by atomic mass is 16.5. The highest BCUT2D eigenvalue weighted by molar-refractivity contribution is 5.95. The van der Waals surface area contributed by atoms with Gasteiger partial charge in [0.25, 0.3) is 5.91 Å². The summed E-state index contributed by atoms with van der Waals surface area (Å²) < 4.78 is 7.13. The third-order valence-corrected chi connectivity index (χ3v) is 4.30. The minimum absolute atomic E-state index is 0.0586. The fourth-order valence-corrected chi connectivity index (χ4v) is 2.89. The van der Waals surface area contributed by atoms with Gasteiger partial charge in [0.05, 0.1) is 36.4 Å². The molecule has 0 atom stereocenters. The van der Waals surface area contributed by atoms with Crippen LogP contribution >= 0.6 is 0 Å². The maximum absolute atomic E-state index is 12.4. The molecule has 1 aliphatic heterocycles. The smallest absolute Gasteiger partial charge is 0.254 e. The summed E-state index contributed by atoms with van der Waals surface area (Å²) in [7, 11) is 0. The maximum atomic E-state index is 12.4. The van der Waals surface area contributed by atoms with Crippen molar-refractivity contribution in [2.45, 2.75) is 13.3 Å². The Morgan fingerprint density at radius 1 is 1.25 bits per heavy atom. The fraction of sp³-hybridized carbons (Fsp3) is 0.444. The molecule has 24 heavy (non-hydrogen) atoms. The van der Waals surface area contributed by atoms with E-state index in [4.69, 9.17) is 4.74 Å². The molecule has 1 aromatic heterocycles. The van der Waals surface area contributed by atoms with Gasteiger partial charge < -0.3 is 10.1 Å². The second kappa shape index (κ2) is 8.08. The summed E-state index contributed by atoms with van der Waals surface area (Å²) in [6.45, 7) is 7.17. The molecule has 128 valence electrons. The molecule has 1 fully saturated rings. The molecule has 0 radical (unpaired) electrons. The summed E-state index contributed by atoms with van der Waals surface area (Å²) in [6.07, 6.45) is 2.58. The number of aromatic nitrogens is 2. The Labute approximate surface area is 142 Å². The van der Waals surface area contributed by atoms with Gasteiger partial charge in [-0.15, -0.1) is 0 Å². The van der Waals surface area contributed by atoms with Gasteiger partial charge in [0, 0.05) is 19.6 Å². The van der Waals surface area contributed by atoms with E-state index in [1.54, 1.807) is 10.9 Å². The Hall–Kier alpha value is -2.18. The highest BCUT2D eigenvalue weighted by Crippen LogP contribution is 2.13. The van der Waals surface area contributed by atoms with Crippen molar-refractivity contribution in [3.05, 3.63) is 47.8 Å². The van der Waals surface area contributed by atoms with Crippen LogP contribution in [0.15, 0.2) is 36.5 Å². The summed E-state index contributed by atoms with van der Waals surface area (Å²) in [5.74, 6) is -0.0586. The monoisotopic (exact) mass is 328 g/mol. The number of nitrogens with one attached hydrogen (secondary N) is 1. The Morgan fingerprint density at radius 2 is 2.00 bits per heavy atom. The number of ether oxygens (including phenoxy) is 1. The van der Waals surface area contributed by atoms with E-state index in [9.17, 15) is 4.79 Å². The van der Waals surface area contributed by atoms with Crippen molar-refractivity contribution in [3.8, 4) is 5.69 Å². The topological polar surface area (TPSA) is 59.4 Å². The molecule has 1 saturated heterocycles. The van der Waals surface area contributed by atoms with Crippen LogP contribution in [0.5, 0.6) is 0 Å². The van der Waals surface area contributed by atoms with Gasteiger partial charge in [0.15, 0.2) is 0 Å². The number of amides is 1. The molecular formula is C18H24N4O2. The molecule has 1 N–H and O–H groups in total. The van der Waals surface area contributed by atoms with E-state index in [1.165, 1.54) is 0 Å². The molecule has 6 heteroatoms. The van der Waals surface area contributed by atoms with Crippen LogP contribution in [-0.4, -0.2) is 60.0 Å². The zero-order valence-corrected chi connectivity index (χ0v) is 14.1. The minimum atomic E-state index is -0.0586. The molecule has 0 aliphatic carbocycles. The van der Waals surface area contributed by atoms with Gasteiger partial charge in [0.2, 0.25) is 0 Å². The van der Waals surface area contributed by atoms with Gasteiger partial charge >= 0.3 is 0 Å². The molecule has 0 bridgehead atoms. The quantitative estimate of drug-likeness (QED) is 0.819. The first-order chi connectivity index (χ1) is 11.8. The molecule has 2 aromatic rings. The van der Waals surface area contributed by atoms with Gasteiger partial charge in [-0.1, -0.05) is 18.2 Å². The van der Waals surface area contributed by atoms with Crippen LogP contribution in [-0.2, 0) is 4.74 Å². The van der Waals surface area contributed by atoms with Crippen LogP contribution in [0.2, 0.25) is 0 Å². The number of hydrogen-bond acceptors (Lipinski definition) is 4. The lowest BCUT2D eigenvalue weighted by atomic mass is 10.2. The average Bonchev–Trinajstić information content (AvgIpc) is 3.02. The van der Waals surface area contributed by atoms with Crippen LogP contribution in [0.1, 0.15) is 22.5 Å². The summed E-state index contributed by atoms with van der Waals surface area (Å²) in [5, 5.41) is 7.34. The predicted octanol–water partition coefficient (Wildman–Crippen LogP) is 1.63. The summed E-state index contributed by atoms with van der Waals surface area (Å²) in [6, 6.07) is 9.84. The lowest BCUT2D eigenvalue weighted by molar-refractivity contribution is 0.0374. The molecule has 0 spiro atoms. The number of para-hydroxylation sites is 1. The SMILES string of the molecule is Cc1c(C(=O)NCCCN2CCOCC2)cnn1-c1ccccc1. The molecule has 6 nitrogen and oxygen atoms in total. The Kier molecular flexibility index (Phi) is 5.61. The van der Waals surface area contributed by atoms with Gasteiger partial charge in [-0.2, -0.15) is 5.10 Å². The van der Waals surface area contributed by atoms with E-state index in [2.05, 4.69) is 15.3 Å². The molecule has 0 saturated carbocycles. The van der Waals surface area contributed by atoms with Crippen molar-refractivity contribution in [3.63, 3.8) is 0 Å². The maximum Gasteiger partial charge on any atom is 0.254 e. The van der Waals surface area contributed by atoms with Crippen molar-refractivity contribution in [1.29, 1.82) is 0 Å². The van der Waals surface area contributed by atoms with Gasteiger partial charge in [0.1, 0.15) is 0 Å². The molecule has 1 aliphatic rings. The van der Waals surface area contributed by atoms with E-state index < -0.39 is 0 Å². The number of benzene rings is 1. The van der Waals surface area contributed by atoms with Crippen molar-refractivity contribution < 1.29 is 9.53 Å². The van der Waals surface area contributed by atoms with Crippen molar-refractivity contribution >= 4 is 5.91 Å². The molecule has 0 unspecified atom stereocenters. The zero-order chi connectivity index (χ0) is 16.8. The van der Waals surface area contributed by atoms with Crippen molar-refractivity contribution in [2.75, 3.05) is 39.4 Å². The standard InChI is InChI=1S/C18H24N4O2/c1-15-17(14-20-22(15)16-6-3-2-4-7-16)18(23)19-8-5-9-21-10-12-24-13-11-21/h2-4,6-7,14H,5,8-13H2,1H3,(H,19,23). The van der Waals surface area contributed by atoms with Gasteiger partial charge in [-0.3, -0.25) is 9.69 Å². The summed E-state index contributed by atoms with van der Waals surface area (Å²) >= 11 is 0. The van der Waals surface area contributed by atoms with Crippen LogP contribution in [0, 0.1) is 6.92 Å². The first-order valence-corrected chi connectivity index (χ1v) is 8.44. The lowest BCUT2D eigenvalue weighted by Crippen LogP contribution is -2.38. The molecule has 1 amide bonds. The number of nitrogens with zero attached hydrogens (tertiary/aromatic N) is 3. The first-order valence-electron chi connectivity index (χ1n) is 8.44. The summed E-state index contributed by atoms with van der Waals surface area (Å²) in [4.78, 5) is 14.7. The highest BCUT2D eigenvalue weighted by Gasteiger charge is 2.15. The third kappa shape index (κ3) is 4.01. The number of carbonyl (C=O) groups excluding carboxylic acids is 1. The van der Waals surface area contributed by atoms with Crippen molar-refractivity contribution in [2.24, 2.45) is 0 Å². The Balaban J connectivity index is 1.51. The number of rotatable bonds is 6. The predicted molar refractivity (Wildman–Crippen MR) is 92.5 cm³/mol. The van der Waals surface area contributed by atoms with E-state index in [-0.39, 0.29) is 5.91 Å². The largest absolute Gasteiger partial charge is 0.379 e. The molecule has 2 heterocycles. The lowest BCUT2D eigenvalue weighted by Gasteiger charge is -2.26. The zero-order valence-electron chi connectivity index (χ0n) is 14.1. The molecule has 1 aromatic carbocycles. The Morgan fingerprint density at radius 3 is 2.75 bits per heavy atom. The van der Waals surface area contributed by atoms with E-state index in [1.807, 2.05) is 37.3 Å². The van der Waals surface area contributed by atoms with Crippen LogP contribution in [0.25, 0.3) is 5.69 Å². The minimum Gasteiger partial charge on any atom is -0.379 e. The average molecular weight is 328 g/mol. The first kappa shape index (κ1) is 16.7. The van der Waals surface area contributed by atoms with E-state index in [0.717, 1.165) is 50.7 Å². The molecule has 3 rings (SSSR count).